The fourth-order valence-corrected chi connectivity index (χ4v) is 2.87. The molecular weight excluding hydrogens is 294 g/mol. The van der Waals surface area contributed by atoms with E-state index in [1.54, 1.807) is 6.92 Å². The number of aliphatic carboxylic acids is 1. The van der Waals surface area contributed by atoms with Gasteiger partial charge in [-0.25, -0.2) is 9.48 Å². The van der Waals surface area contributed by atoms with E-state index in [0.29, 0.717) is 19.7 Å². The molecule has 0 amide bonds. The molecule has 0 bridgehead atoms. The van der Waals surface area contributed by atoms with Crippen molar-refractivity contribution in [1.29, 1.82) is 0 Å². The van der Waals surface area contributed by atoms with Crippen molar-refractivity contribution in [2.75, 3.05) is 19.7 Å². The molecule has 0 saturated carbocycles. The first-order valence-corrected chi connectivity index (χ1v) is 7.67. The smallest absolute Gasteiger partial charge is 0.337 e. The number of hydrogen-bond donors (Lipinski definition) is 1. The topological polar surface area (TPSA) is 67.6 Å². The third-order valence-corrected chi connectivity index (χ3v) is 4.21. The summed E-state index contributed by atoms with van der Waals surface area (Å²) in [5.74, 6) is -0.919. The van der Waals surface area contributed by atoms with Crippen molar-refractivity contribution >= 4 is 5.97 Å². The van der Waals surface area contributed by atoms with Crippen LogP contribution in [0.25, 0.3) is 5.69 Å². The lowest BCUT2D eigenvalue weighted by Gasteiger charge is -2.37. The normalized spacial score (nSPS) is 22.2. The van der Waals surface area contributed by atoms with E-state index >= 15 is 0 Å². The minimum absolute atomic E-state index is 0.373. The lowest BCUT2D eigenvalue weighted by molar-refractivity contribution is -0.174. The Balaban J connectivity index is 1.72. The van der Waals surface area contributed by atoms with E-state index < -0.39 is 11.6 Å². The van der Waals surface area contributed by atoms with Crippen molar-refractivity contribution < 1.29 is 14.6 Å². The minimum atomic E-state index is -1.13. The zero-order valence-electron chi connectivity index (χ0n) is 13.4. The number of morpholine rings is 1. The van der Waals surface area contributed by atoms with Gasteiger partial charge >= 0.3 is 5.97 Å². The Morgan fingerprint density at radius 2 is 2.22 bits per heavy atom. The lowest BCUT2D eigenvalue weighted by atomic mass is 10.0. The highest BCUT2D eigenvalue weighted by atomic mass is 16.5. The Morgan fingerprint density at radius 1 is 1.43 bits per heavy atom. The summed E-state index contributed by atoms with van der Waals surface area (Å²) in [6.07, 6.45) is 3.83. The maximum Gasteiger partial charge on any atom is 0.337 e. The van der Waals surface area contributed by atoms with Crippen LogP contribution in [0.5, 0.6) is 0 Å². The van der Waals surface area contributed by atoms with Crippen molar-refractivity contribution in [1.82, 2.24) is 14.7 Å². The summed E-state index contributed by atoms with van der Waals surface area (Å²) in [5.41, 5.74) is 2.13. The summed E-state index contributed by atoms with van der Waals surface area (Å²) in [5, 5.41) is 13.7. The molecule has 122 valence electrons. The predicted octanol–water partition coefficient (Wildman–Crippen LogP) is 1.86. The van der Waals surface area contributed by atoms with E-state index in [-0.39, 0.29) is 0 Å². The molecule has 6 nitrogen and oxygen atoms in total. The molecule has 0 radical (unpaired) electrons. The third kappa shape index (κ3) is 3.28. The molecule has 1 fully saturated rings. The first-order chi connectivity index (χ1) is 11.0. The molecule has 1 aromatic heterocycles. The third-order valence-electron chi connectivity index (χ3n) is 4.21. The van der Waals surface area contributed by atoms with Gasteiger partial charge in [0.1, 0.15) is 0 Å². The average Bonchev–Trinajstić information content (AvgIpc) is 2.96. The van der Waals surface area contributed by atoms with Crippen molar-refractivity contribution in [3.05, 3.63) is 47.8 Å². The molecule has 1 unspecified atom stereocenters. The van der Waals surface area contributed by atoms with Gasteiger partial charge in [0.05, 0.1) is 18.5 Å². The maximum absolute atomic E-state index is 11.3. The van der Waals surface area contributed by atoms with Crippen LogP contribution in [0, 0.1) is 6.92 Å². The summed E-state index contributed by atoms with van der Waals surface area (Å²) >= 11 is 0. The summed E-state index contributed by atoms with van der Waals surface area (Å²) in [4.78, 5) is 13.4. The second-order valence-electron chi connectivity index (χ2n) is 6.17. The van der Waals surface area contributed by atoms with Crippen LogP contribution in [0.1, 0.15) is 18.1 Å². The Morgan fingerprint density at radius 3 is 2.96 bits per heavy atom. The Bertz CT molecular complexity index is 713. The Hall–Kier alpha value is -2.18. The van der Waals surface area contributed by atoms with Crippen LogP contribution in [-0.4, -0.2) is 51.1 Å². The van der Waals surface area contributed by atoms with Gasteiger partial charge in [0.2, 0.25) is 0 Å². The lowest BCUT2D eigenvalue weighted by Crippen LogP contribution is -2.54. The number of carbonyl (C=O) groups is 1. The molecule has 2 heterocycles. The number of carboxylic acids is 1. The van der Waals surface area contributed by atoms with E-state index in [2.05, 4.69) is 23.0 Å². The number of nitrogens with zero attached hydrogens (tertiary/aromatic N) is 3. The number of ether oxygens (including phenoxy) is 1. The molecule has 2 aromatic rings. The highest BCUT2D eigenvalue weighted by Crippen LogP contribution is 2.20. The Kier molecular flexibility index (Phi) is 4.19. The highest BCUT2D eigenvalue weighted by molar-refractivity contribution is 5.77. The van der Waals surface area contributed by atoms with Gasteiger partial charge in [-0.1, -0.05) is 18.2 Å². The average molecular weight is 315 g/mol. The van der Waals surface area contributed by atoms with E-state index in [1.807, 2.05) is 35.3 Å². The fourth-order valence-electron chi connectivity index (χ4n) is 2.87. The number of hydrogen-bond acceptors (Lipinski definition) is 4. The second-order valence-corrected chi connectivity index (χ2v) is 6.17. The van der Waals surface area contributed by atoms with E-state index in [1.165, 1.54) is 0 Å². The van der Waals surface area contributed by atoms with Crippen molar-refractivity contribution in [2.24, 2.45) is 0 Å². The van der Waals surface area contributed by atoms with Crippen LogP contribution in [-0.2, 0) is 16.1 Å². The first-order valence-electron chi connectivity index (χ1n) is 7.67. The molecule has 1 aliphatic rings. The fraction of sp³-hybridized carbons (Fsp3) is 0.412. The molecule has 0 spiro atoms. The zero-order chi connectivity index (χ0) is 16.4. The number of benzene rings is 1. The van der Waals surface area contributed by atoms with Gasteiger partial charge in [0.15, 0.2) is 5.60 Å². The van der Waals surface area contributed by atoms with Gasteiger partial charge < -0.3 is 9.84 Å². The van der Waals surface area contributed by atoms with Crippen LogP contribution in [0.4, 0.5) is 0 Å². The van der Waals surface area contributed by atoms with Gasteiger partial charge in [-0.3, -0.25) is 4.90 Å². The van der Waals surface area contributed by atoms with Crippen molar-refractivity contribution in [2.45, 2.75) is 26.0 Å². The monoisotopic (exact) mass is 315 g/mol. The summed E-state index contributed by atoms with van der Waals surface area (Å²) < 4.78 is 7.29. The molecule has 6 heteroatoms. The minimum Gasteiger partial charge on any atom is -0.479 e. The molecule has 3 rings (SSSR count). The van der Waals surface area contributed by atoms with E-state index in [9.17, 15) is 9.90 Å². The van der Waals surface area contributed by atoms with Crippen LogP contribution < -0.4 is 0 Å². The summed E-state index contributed by atoms with van der Waals surface area (Å²) in [6, 6.07) is 8.08. The van der Waals surface area contributed by atoms with E-state index in [0.717, 1.165) is 23.4 Å². The van der Waals surface area contributed by atoms with Gasteiger partial charge in [-0.15, -0.1) is 0 Å². The molecule has 1 atom stereocenters. The van der Waals surface area contributed by atoms with Gasteiger partial charge in [-0.2, -0.15) is 5.10 Å². The zero-order valence-corrected chi connectivity index (χ0v) is 13.4. The van der Waals surface area contributed by atoms with Crippen molar-refractivity contribution in [3.63, 3.8) is 0 Å². The predicted molar refractivity (Wildman–Crippen MR) is 85.6 cm³/mol. The van der Waals surface area contributed by atoms with E-state index in [4.69, 9.17) is 4.74 Å². The standard InChI is InChI=1S/C17H21N3O3/c1-13-5-3-4-6-15(13)20-11-14(9-18-20)10-19-7-8-23-17(2,12-19)16(21)22/h3-6,9,11H,7-8,10,12H2,1-2H3,(H,21,22). The SMILES string of the molecule is Cc1ccccc1-n1cc(CN2CCOC(C)(C(=O)O)C2)cn1. The van der Waals surface area contributed by atoms with Crippen LogP contribution in [0.2, 0.25) is 0 Å². The second kappa shape index (κ2) is 6.14. The summed E-state index contributed by atoms with van der Waals surface area (Å²) in [7, 11) is 0. The molecule has 1 aromatic carbocycles. The largest absolute Gasteiger partial charge is 0.479 e. The quantitative estimate of drug-likeness (QED) is 0.933. The molecule has 23 heavy (non-hydrogen) atoms. The number of carboxylic acid groups (broad SMARTS) is 1. The highest BCUT2D eigenvalue weighted by Gasteiger charge is 2.39. The van der Waals surface area contributed by atoms with Crippen LogP contribution >= 0.6 is 0 Å². The Labute approximate surface area is 135 Å². The number of aryl methyl sites for hydroxylation is 1. The molecule has 0 aliphatic carbocycles. The van der Waals surface area contributed by atoms with Gasteiger partial charge in [0, 0.05) is 31.4 Å². The number of aromatic nitrogens is 2. The first kappa shape index (κ1) is 15.7. The van der Waals surface area contributed by atoms with Crippen LogP contribution in [0.3, 0.4) is 0 Å². The molecular formula is C17H21N3O3. The van der Waals surface area contributed by atoms with Crippen molar-refractivity contribution in [3.8, 4) is 5.69 Å². The van der Waals surface area contributed by atoms with Gasteiger partial charge in [0.25, 0.3) is 0 Å². The van der Waals surface area contributed by atoms with Crippen LogP contribution in [0.15, 0.2) is 36.7 Å². The number of para-hydroxylation sites is 1. The molecule has 1 saturated heterocycles. The maximum atomic E-state index is 11.3. The number of rotatable bonds is 4. The molecule has 1 N–H and O–H groups in total. The van der Waals surface area contributed by atoms with Gasteiger partial charge in [-0.05, 0) is 25.5 Å². The summed E-state index contributed by atoms with van der Waals surface area (Å²) in [6.45, 7) is 5.86. The molecule has 1 aliphatic heterocycles.